The van der Waals surface area contributed by atoms with Gasteiger partial charge in [0.2, 0.25) is 0 Å². The summed E-state index contributed by atoms with van der Waals surface area (Å²) in [6.45, 7) is 3.53. The van der Waals surface area contributed by atoms with Gasteiger partial charge in [0.1, 0.15) is 0 Å². The van der Waals surface area contributed by atoms with Crippen LogP contribution in [-0.4, -0.2) is 41.5 Å². The predicted octanol–water partition coefficient (Wildman–Crippen LogP) is 3.83. The van der Waals surface area contributed by atoms with Gasteiger partial charge in [0.05, 0.1) is 4.92 Å². The van der Waals surface area contributed by atoms with E-state index in [4.69, 9.17) is 4.74 Å². The summed E-state index contributed by atoms with van der Waals surface area (Å²) < 4.78 is 5.43. The molecular formula is C19H22N2O4S. The Morgan fingerprint density at radius 3 is 2.73 bits per heavy atom. The Labute approximate surface area is 156 Å². The number of amides is 1. The summed E-state index contributed by atoms with van der Waals surface area (Å²) in [5.41, 5.74) is 0.827. The number of benzene rings is 1. The first kappa shape index (κ1) is 18.5. The van der Waals surface area contributed by atoms with E-state index in [0.717, 1.165) is 19.3 Å². The Hall–Kier alpha value is -2.25. The van der Waals surface area contributed by atoms with Crippen molar-refractivity contribution in [2.75, 3.05) is 19.8 Å². The van der Waals surface area contributed by atoms with Gasteiger partial charge < -0.3 is 9.64 Å². The lowest BCUT2D eigenvalue weighted by Crippen LogP contribution is -2.44. The third kappa shape index (κ3) is 4.11. The van der Waals surface area contributed by atoms with Crippen LogP contribution in [0.3, 0.4) is 0 Å². The molecule has 1 amide bonds. The smallest absolute Gasteiger partial charge is 0.273 e. The number of nitro benzene ring substituents is 1. The molecule has 1 saturated heterocycles. The Morgan fingerprint density at radius 1 is 1.31 bits per heavy atom. The Morgan fingerprint density at radius 2 is 2.08 bits per heavy atom. The molecule has 26 heavy (non-hydrogen) atoms. The number of hydrogen-bond acceptors (Lipinski definition) is 5. The second-order valence-corrected chi connectivity index (χ2v) is 7.41. The zero-order chi connectivity index (χ0) is 18.5. The molecule has 1 aliphatic rings. The maximum atomic E-state index is 13.3. The summed E-state index contributed by atoms with van der Waals surface area (Å²) in [4.78, 5) is 27.2. The summed E-state index contributed by atoms with van der Waals surface area (Å²) in [5.74, 6) is -0.130. The number of nitrogens with zero attached hydrogens (tertiary/aromatic N) is 2. The second-order valence-electron chi connectivity index (χ2n) is 6.38. The molecule has 0 unspecified atom stereocenters. The molecule has 0 saturated carbocycles. The lowest BCUT2D eigenvalue weighted by molar-refractivity contribution is -0.385. The molecule has 6 nitrogen and oxygen atoms in total. The number of carbonyl (C=O) groups is 1. The Kier molecular flexibility index (Phi) is 6.00. The van der Waals surface area contributed by atoms with Crippen LogP contribution in [-0.2, 0) is 11.2 Å². The molecule has 1 aromatic carbocycles. The maximum absolute atomic E-state index is 13.3. The largest absolute Gasteiger partial charge is 0.381 e. The average Bonchev–Trinajstić information content (AvgIpc) is 3.16. The van der Waals surface area contributed by atoms with Gasteiger partial charge in [-0.2, -0.15) is 0 Å². The fourth-order valence-corrected chi connectivity index (χ4v) is 4.04. The minimum atomic E-state index is -0.434. The molecule has 0 spiro atoms. The number of nitro groups is 1. The number of carbonyl (C=O) groups excluding carboxylic acids is 1. The minimum absolute atomic E-state index is 0.0129. The van der Waals surface area contributed by atoms with Crippen LogP contribution in [0.5, 0.6) is 0 Å². The van der Waals surface area contributed by atoms with Gasteiger partial charge in [-0.25, -0.2) is 0 Å². The molecular weight excluding hydrogens is 352 g/mol. The van der Waals surface area contributed by atoms with Crippen LogP contribution < -0.4 is 0 Å². The predicted molar refractivity (Wildman–Crippen MR) is 101 cm³/mol. The zero-order valence-corrected chi connectivity index (χ0v) is 15.5. The molecule has 138 valence electrons. The summed E-state index contributed by atoms with van der Waals surface area (Å²) >= 11 is 1.68. The summed E-state index contributed by atoms with van der Waals surface area (Å²) in [6, 6.07) is 8.88. The van der Waals surface area contributed by atoms with E-state index in [0.29, 0.717) is 30.9 Å². The summed E-state index contributed by atoms with van der Waals surface area (Å²) in [6.07, 6.45) is 2.38. The maximum Gasteiger partial charge on any atom is 0.273 e. The van der Waals surface area contributed by atoms with E-state index < -0.39 is 4.92 Å². The quantitative estimate of drug-likeness (QED) is 0.569. The van der Waals surface area contributed by atoms with Crippen molar-refractivity contribution >= 4 is 22.9 Å². The van der Waals surface area contributed by atoms with Crippen molar-refractivity contribution in [3.8, 4) is 0 Å². The molecule has 2 heterocycles. The number of thiophene rings is 1. The van der Waals surface area contributed by atoms with E-state index in [1.807, 2.05) is 16.3 Å². The molecule has 1 aliphatic heterocycles. The first-order valence-electron chi connectivity index (χ1n) is 8.73. The van der Waals surface area contributed by atoms with Gasteiger partial charge in [0, 0.05) is 47.9 Å². The van der Waals surface area contributed by atoms with Crippen molar-refractivity contribution in [3.05, 3.63) is 61.8 Å². The monoisotopic (exact) mass is 374 g/mol. The Balaban J connectivity index is 1.86. The summed E-state index contributed by atoms with van der Waals surface area (Å²) in [7, 11) is 0. The zero-order valence-electron chi connectivity index (χ0n) is 14.7. The van der Waals surface area contributed by atoms with Crippen molar-refractivity contribution in [2.24, 2.45) is 0 Å². The number of rotatable bonds is 6. The van der Waals surface area contributed by atoms with Gasteiger partial charge >= 0.3 is 0 Å². The van der Waals surface area contributed by atoms with Gasteiger partial charge in [-0.05, 0) is 43.7 Å². The standard InChI is InChI=1S/C19H22N2O4S/c1-14-17(5-2-6-18(14)21(23)24)19(22)20(15-8-11-25-12-9-15)10-7-16-4-3-13-26-16/h2-6,13,15H,7-12H2,1H3. The third-order valence-corrected chi connectivity index (χ3v) is 5.74. The van der Waals surface area contributed by atoms with E-state index in [-0.39, 0.29) is 17.6 Å². The molecule has 0 N–H and O–H groups in total. The van der Waals surface area contributed by atoms with Crippen molar-refractivity contribution in [1.29, 1.82) is 0 Å². The van der Waals surface area contributed by atoms with Crippen LogP contribution in [0.25, 0.3) is 0 Å². The Bertz CT molecular complexity index is 770. The minimum Gasteiger partial charge on any atom is -0.381 e. The lowest BCUT2D eigenvalue weighted by Gasteiger charge is -2.34. The third-order valence-electron chi connectivity index (χ3n) is 4.80. The van der Waals surface area contributed by atoms with Crippen LogP contribution in [0, 0.1) is 17.0 Å². The fraction of sp³-hybridized carbons (Fsp3) is 0.421. The number of hydrogen-bond donors (Lipinski definition) is 0. The molecule has 2 aromatic rings. The van der Waals surface area contributed by atoms with Crippen LogP contribution in [0.2, 0.25) is 0 Å². The number of ether oxygens (including phenoxy) is 1. The van der Waals surface area contributed by atoms with E-state index in [2.05, 4.69) is 6.07 Å². The highest BCUT2D eigenvalue weighted by molar-refractivity contribution is 7.09. The molecule has 1 fully saturated rings. The van der Waals surface area contributed by atoms with Crippen molar-refractivity contribution in [1.82, 2.24) is 4.90 Å². The van der Waals surface area contributed by atoms with Gasteiger partial charge in [0.15, 0.2) is 0 Å². The fourth-order valence-electron chi connectivity index (χ4n) is 3.34. The van der Waals surface area contributed by atoms with E-state index in [9.17, 15) is 14.9 Å². The van der Waals surface area contributed by atoms with Crippen LogP contribution in [0.15, 0.2) is 35.7 Å². The molecule has 0 bridgehead atoms. The highest BCUT2D eigenvalue weighted by Gasteiger charge is 2.29. The van der Waals surface area contributed by atoms with E-state index in [1.165, 1.54) is 10.9 Å². The molecule has 0 atom stereocenters. The molecule has 1 aromatic heterocycles. The van der Waals surface area contributed by atoms with Gasteiger partial charge in [0.25, 0.3) is 11.6 Å². The normalized spacial score (nSPS) is 15.0. The summed E-state index contributed by atoms with van der Waals surface area (Å²) in [5, 5.41) is 13.2. The highest BCUT2D eigenvalue weighted by Crippen LogP contribution is 2.25. The van der Waals surface area contributed by atoms with Gasteiger partial charge in [-0.1, -0.05) is 12.1 Å². The molecule has 0 aliphatic carbocycles. The van der Waals surface area contributed by atoms with E-state index in [1.54, 1.807) is 30.4 Å². The van der Waals surface area contributed by atoms with Gasteiger partial charge in [-0.3, -0.25) is 14.9 Å². The van der Waals surface area contributed by atoms with Crippen LogP contribution >= 0.6 is 11.3 Å². The van der Waals surface area contributed by atoms with E-state index >= 15 is 0 Å². The van der Waals surface area contributed by atoms with Crippen molar-refractivity contribution < 1.29 is 14.5 Å². The van der Waals surface area contributed by atoms with Gasteiger partial charge in [-0.15, -0.1) is 11.3 Å². The van der Waals surface area contributed by atoms with Crippen LogP contribution in [0.4, 0.5) is 5.69 Å². The molecule has 0 radical (unpaired) electrons. The highest BCUT2D eigenvalue weighted by atomic mass is 32.1. The SMILES string of the molecule is Cc1c(C(=O)N(CCc2cccs2)C2CCOCC2)cccc1[N+](=O)[O-]. The second kappa shape index (κ2) is 8.42. The lowest BCUT2D eigenvalue weighted by atomic mass is 10.0. The first-order chi connectivity index (χ1) is 12.6. The van der Waals surface area contributed by atoms with Crippen LogP contribution in [0.1, 0.15) is 33.6 Å². The van der Waals surface area contributed by atoms with Crippen molar-refractivity contribution in [3.63, 3.8) is 0 Å². The average molecular weight is 374 g/mol. The first-order valence-corrected chi connectivity index (χ1v) is 9.61. The topological polar surface area (TPSA) is 72.7 Å². The van der Waals surface area contributed by atoms with Crippen molar-refractivity contribution in [2.45, 2.75) is 32.2 Å². The molecule has 7 heteroatoms. The molecule has 3 rings (SSSR count).